The van der Waals surface area contributed by atoms with Crippen LogP contribution in [0.5, 0.6) is 0 Å². The van der Waals surface area contributed by atoms with Crippen LogP contribution in [0.15, 0.2) is 18.2 Å². The standard InChI is InChI=1S/C13H20N2O/c1-10(4-5-14)15-7-11-2-3-12-8-16-9-13(12)6-11/h2-3,6,10,15H,4-5,7-9,14H2,1H3. The van der Waals surface area contributed by atoms with Crippen molar-refractivity contribution in [2.24, 2.45) is 5.73 Å². The van der Waals surface area contributed by atoms with Gasteiger partial charge in [-0.2, -0.15) is 0 Å². The molecule has 1 aliphatic heterocycles. The summed E-state index contributed by atoms with van der Waals surface area (Å²) in [5, 5.41) is 3.47. The molecule has 0 bridgehead atoms. The number of benzene rings is 1. The Kier molecular flexibility index (Phi) is 3.93. The number of nitrogens with two attached hydrogens (primary N) is 1. The van der Waals surface area contributed by atoms with Crippen molar-refractivity contribution in [3.05, 3.63) is 34.9 Å². The van der Waals surface area contributed by atoms with Crippen LogP contribution in [0, 0.1) is 0 Å². The second kappa shape index (κ2) is 5.43. The smallest absolute Gasteiger partial charge is 0.0725 e. The van der Waals surface area contributed by atoms with Crippen LogP contribution in [0.2, 0.25) is 0 Å². The third-order valence-electron chi connectivity index (χ3n) is 3.04. The van der Waals surface area contributed by atoms with Crippen molar-refractivity contribution < 1.29 is 4.74 Å². The second-order valence-corrected chi connectivity index (χ2v) is 4.46. The fraction of sp³-hybridized carbons (Fsp3) is 0.538. The Hall–Kier alpha value is -0.900. The minimum absolute atomic E-state index is 0.481. The lowest BCUT2D eigenvalue weighted by atomic mass is 10.1. The summed E-state index contributed by atoms with van der Waals surface area (Å²) < 4.78 is 5.40. The van der Waals surface area contributed by atoms with E-state index in [0.717, 1.165) is 32.7 Å². The number of nitrogens with one attached hydrogen (secondary N) is 1. The predicted molar refractivity (Wildman–Crippen MR) is 64.9 cm³/mol. The Morgan fingerprint density at radius 1 is 1.38 bits per heavy atom. The average Bonchev–Trinajstić information content (AvgIpc) is 2.74. The van der Waals surface area contributed by atoms with Gasteiger partial charge in [-0.15, -0.1) is 0 Å². The molecule has 0 saturated heterocycles. The van der Waals surface area contributed by atoms with Gasteiger partial charge in [0.15, 0.2) is 0 Å². The lowest BCUT2D eigenvalue weighted by Gasteiger charge is -2.13. The van der Waals surface area contributed by atoms with Gasteiger partial charge in [-0.1, -0.05) is 18.2 Å². The summed E-state index contributed by atoms with van der Waals surface area (Å²) in [7, 11) is 0. The first-order valence-corrected chi connectivity index (χ1v) is 5.91. The Morgan fingerprint density at radius 3 is 3.00 bits per heavy atom. The number of ether oxygens (including phenoxy) is 1. The van der Waals surface area contributed by atoms with Crippen LogP contribution < -0.4 is 11.1 Å². The average molecular weight is 220 g/mol. The summed E-state index contributed by atoms with van der Waals surface area (Å²) in [5.41, 5.74) is 9.51. The summed E-state index contributed by atoms with van der Waals surface area (Å²) in [5.74, 6) is 0. The van der Waals surface area contributed by atoms with Gasteiger partial charge < -0.3 is 15.8 Å². The number of rotatable bonds is 5. The predicted octanol–water partition coefficient (Wildman–Crippen LogP) is 1.54. The maximum Gasteiger partial charge on any atom is 0.0725 e. The highest BCUT2D eigenvalue weighted by atomic mass is 16.5. The molecular weight excluding hydrogens is 200 g/mol. The molecule has 3 nitrogen and oxygen atoms in total. The van der Waals surface area contributed by atoms with Crippen LogP contribution in [0.3, 0.4) is 0 Å². The minimum Gasteiger partial charge on any atom is -0.372 e. The quantitative estimate of drug-likeness (QED) is 0.791. The molecule has 1 aromatic rings. The van der Waals surface area contributed by atoms with Gasteiger partial charge >= 0.3 is 0 Å². The van der Waals surface area contributed by atoms with Crippen LogP contribution in [-0.2, 0) is 24.5 Å². The van der Waals surface area contributed by atoms with Crippen LogP contribution >= 0.6 is 0 Å². The highest BCUT2D eigenvalue weighted by Gasteiger charge is 2.11. The molecular formula is C13H20N2O. The van der Waals surface area contributed by atoms with Crippen LogP contribution in [0.25, 0.3) is 0 Å². The molecule has 16 heavy (non-hydrogen) atoms. The molecule has 0 saturated carbocycles. The van der Waals surface area contributed by atoms with Crippen molar-refractivity contribution in [3.63, 3.8) is 0 Å². The summed E-state index contributed by atoms with van der Waals surface area (Å²) >= 11 is 0. The van der Waals surface area contributed by atoms with Gasteiger partial charge in [-0.05, 0) is 36.6 Å². The van der Waals surface area contributed by atoms with E-state index < -0.39 is 0 Å². The molecule has 1 atom stereocenters. The SMILES string of the molecule is CC(CCN)NCc1ccc2c(c1)COC2. The van der Waals surface area contributed by atoms with E-state index in [-0.39, 0.29) is 0 Å². The zero-order valence-electron chi connectivity index (χ0n) is 9.83. The molecule has 0 spiro atoms. The summed E-state index contributed by atoms with van der Waals surface area (Å²) in [6.07, 6.45) is 1.02. The highest BCUT2D eigenvalue weighted by molar-refractivity contribution is 5.33. The zero-order chi connectivity index (χ0) is 11.4. The molecule has 0 amide bonds. The Balaban J connectivity index is 1.90. The molecule has 3 heteroatoms. The molecule has 0 aromatic heterocycles. The van der Waals surface area contributed by atoms with E-state index in [0.29, 0.717) is 6.04 Å². The van der Waals surface area contributed by atoms with Gasteiger partial charge in [0.05, 0.1) is 13.2 Å². The molecule has 0 radical (unpaired) electrons. The molecule has 1 unspecified atom stereocenters. The van der Waals surface area contributed by atoms with Gasteiger partial charge in [0, 0.05) is 12.6 Å². The van der Waals surface area contributed by atoms with Gasteiger partial charge in [0.2, 0.25) is 0 Å². The van der Waals surface area contributed by atoms with E-state index in [4.69, 9.17) is 10.5 Å². The molecule has 1 heterocycles. The Labute approximate surface area is 97.0 Å². The van der Waals surface area contributed by atoms with E-state index in [1.807, 2.05) is 0 Å². The summed E-state index contributed by atoms with van der Waals surface area (Å²) in [6.45, 7) is 5.36. The fourth-order valence-electron chi connectivity index (χ4n) is 1.98. The van der Waals surface area contributed by atoms with E-state index in [9.17, 15) is 0 Å². The molecule has 88 valence electrons. The van der Waals surface area contributed by atoms with Crippen molar-refractivity contribution in [1.29, 1.82) is 0 Å². The number of fused-ring (bicyclic) bond motifs is 1. The normalized spacial score (nSPS) is 16.1. The van der Waals surface area contributed by atoms with Crippen molar-refractivity contribution in [1.82, 2.24) is 5.32 Å². The van der Waals surface area contributed by atoms with Crippen LogP contribution in [0.4, 0.5) is 0 Å². The summed E-state index contributed by atoms with van der Waals surface area (Å²) in [4.78, 5) is 0. The maximum absolute atomic E-state index is 5.52. The van der Waals surface area contributed by atoms with E-state index in [2.05, 4.69) is 30.4 Å². The molecule has 0 fully saturated rings. The van der Waals surface area contributed by atoms with E-state index >= 15 is 0 Å². The Bertz CT molecular complexity index is 352. The van der Waals surface area contributed by atoms with Gasteiger partial charge in [-0.25, -0.2) is 0 Å². The molecule has 2 rings (SSSR count). The number of hydrogen-bond donors (Lipinski definition) is 2. The van der Waals surface area contributed by atoms with Gasteiger partial charge in [-0.3, -0.25) is 0 Å². The van der Waals surface area contributed by atoms with E-state index in [1.54, 1.807) is 0 Å². The zero-order valence-corrected chi connectivity index (χ0v) is 9.83. The van der Waals surface area contributed by atoms with Crippen molar-refractivity contribution in [3.8, 4) is 0 Å². The first-order valence-electron chi connectivity index (χ1n) is 5.91. The van der Waals surface area contributed by atoms with Gasteiger partial charge in [0.25, 0.3) is 0 Å². The minimum atomic E-state index is 0.481. The lowest BCUT2D eigenvalue weighted by molar-refractivity contribution is 0.134. The Morgan fingerprint density at radius 2 is 2.19 bits per heavy atom. The molecule has 3 N–H and O–H groups in total. The van der Waals surface area contributed by atoms with Crippen molar-refractivity contribution in [2.75, 3.05) is 6.54 Å². The molecule has 1 aliphatic rings. The first kappa shape index (κ1) is 11.6. The fourth-order valence-corrected chi connectivity index (χ4v) is 1.98. The number of hydrogen-bond acceptors (Lipinski definition) is 3. The van der Waals surface area contributed by atoms with E-state index in [1.165, 1.54) is 16.7 Å². The molecule has 1 aromatic carbocycles. The second-order valence-electron chi connectivity index (χ2n) is 4.46. The highest BCUT2D eigenvalue weighted by Crippen LogP contribution is 2.20. The monoisotopic (exact) mass is 220 g/mol. The third-order valence-corrected chi connectivity index (χ3v) is 3.04. The maximum atomic E-state index is 5.52. The largest absolute Gasteiger partial charge is 0.372 e. The van der Waals surface area contributed by atoms with Crippen molar-refractivity contribution in [2.45, 2.75) is 39.1 Å². The third kappa shape index (κ3) is 2.82. The van der Waals surface area contributed by atoms with Crippen LogP contribution in [-0.4, -0.2) is 12.6 Å². The van der Waals surface area contributed by atoms with Gasteiger partial charge in [0.1, 0.15) is 0 Å². The molecule has 0 aliphatic carbocycles. The first-order chi connectivity index (χ1) is 7.79. The summed E-state index contributed by atoms with van der Waals surface area (Å²) in [6, 6.07) is 7.07. The van der Waals surface area contributed by atoms with Crippen LogP contribution in [0.1, 0.15) is 30.0 Å². The van der Waals surface area contributed by atoms with Crippen molar-refractivity contribution >= 4 is 0 Å². The topological polar surface area (TPSA) is 47.3 Å². The lowest BCUT2D eigenvalue weighted by Crippen LogP contribution is -2.27.